The molecule has 1 aliphatic heterocycles. The topological polar surface area (TPSA) is 71.0 Å². The zero-order valence-electron chi connectivity index (χ0n) is 17.9. The molecule has 0 unspecified atom stereocenters. The highest BCUT2D eigenvalue weighted by atomic mass is 35.5. The third-order valence-electron chi connectivity index (χ3n) is 5.30. The second-order valence-corrected chi connectivity index (χ2v) is 8.87. The number of anilines is 2. The summed E-state index contributed by atoms with van der Waals surface area (Å²) in [5, 5.41) is 5.16. The number of nitrogens with one attached hydrogen (secondary N) is 1. The lowest BCUT2D eigenvalue weighted by atomic mass is 10.1. The van der Waals surface area contributed by atoms with Gasteiger partial charge in [0.25, 0.3) is 0 Å². The average Bonchev–Trinajstić information content (AvgIpc) is 3.25. The third-order valence-corrected chi connectivity index (χ3v) is 6.51. The fourth-order valence-corrected chi connectivity index (χ4v) is 4.47. The summed E-state index contributed by atoms with van der Waals surface area (Å²) in [6.07, 6.45) is 0.120. The van der Waals surface area contributed by atoms with Crippen molar-refractivity contribution in [3.63, 3.8) is 0 Å². The van der Waals surface area contributed by atoms with E-state index in [1.54, 1.807) is 29.5 Å². The average molecular weight is 468 g/mol. The van der Waals surface area contributed by atoms with Crippen LogP contribution in [0, 0.1) is 13.8 Å². The van der Waals surface area contributed by atoms with E-state index in [2.05, 4.69) is 5.32 Å². The zero-order chi connectivity index (χ0) is 22.8. The number of carbonyl (C=O) groups is 2. The number of ether oxygens (including phenoxy) is 1. The maximum Gasteiger partial charge on any atom is 0.244 e. The second-order valence-electron chi connectivity index (χ2n) is 7.52. The standard InChI is InChI=1S/C24H22ClN3O3S/c1-14-9-18-20(10-15(14)2)28(24(30)12-19(27-18)22-5-4-8-32-22)13-23(29)26-16-6-7-21(31-3)17(25)11-16/h4-11H,12-13H2,1-3H3,(H,26,29). The molecule has 4 rings (SSSR count). The Morgan fingerprint density at radius 3 is 2.69 bits per heavy atom. The molecule has 0 saturated heterocycles. The number of hydrogen-bond acceptors (Lipinski definition) is 5. The van der Waals surface area contributed by atoms with Crippen molar-refractivity contribution in [2.24, 2.45) is 4.99 Å². The van der Waals surface area contributed by atoms with Crippen molar-refractivity contribution >= 4 is 57.5 Å². The van der Waals surface area contributed by atoms with Crippen molar-refractivity contribution in [2.75, 3.05) is 23.9 Å². The molecule has 3 aromatic rings. The first-order valence-electron chi connectivity index (χ1n) is 10.0. The maximum atomic E-state index is 13.2. The lowest BCUT2D eigenvalue weighted by molar-refractivity contribution is -0.120. The summed E-state index contributed by atoms with van der Waals surface area (Å²) < 4.78 is 5.15. The number of fused-ring (bicyclic) bond motifs is 1. The summed E-state index contributed by atoms with van der Waals surface area (Å²) in [4.78, 5) is 33.4. The number of carbonyl (C=O) groups excluding carboxylic acids is 2. The van der Waals surface area contributed by atoms with Crippen LogP contribution >= 0.6 is 22.9 Å². The molecule has 32 heavy (non-hydrogen) atoms. The number of nitrogens with zero attached hydrogens (tertiary/aromatic N) is 2. The normalized spacial score (nSPS) is 13.3. The maximum absolute atomic E-state index is 13.2. The molecular weight excluding hydrogens is 446 g/mol. The second kappa shape index (κ2) is 9.14. The molecule has 0 aliphatic carbocycles. The fraction of sp³-hybridized carbons (Fsp3) is 0.208. The van der Waals surface area contributed by atoms with Crippen LogP contribution in [0.15, 0.2) is 52.8 Å². The van der Waals surface area contributed by atoms with Gasteiger partial charge >= 0.3 is 0 Å². The Labute approximate surface area is 195 Å². The van der Waals surface area contributed by atoms with E-state index in [0.29, 0.717) is 33.5 Å². The number of aryl methyl sites for hydroxylation is 2. The molecule has 0 saturated carbocycles. The highest BCUT2D eigenvalue weighted by Gasteiger charge is 2.27. The lowest BCUT2D eigenvalue weighted by Gasteiger charge is -2.23. The minimum absolute atomic E-state index is 0.120. The van der Waals surface area contributed by atoms with E-state index < -0.39 is 0 Å². The number of hydrogen-bond donors (Lipinski definition) is 1. The summed E-state index contributed by atoms with van der Waals surface area (Å²) in [6, 6.07) is 12.8. The van der Waals surface area contributed by atoms with Crippen LogP contribution in [0.3, 0.4) is 0 Å². The molecule has 0 atom stereocenters. The van der Waals surface area contributed by atoms with Crippen LogP contribution in [0.1, 0.15) is 22.4 Å². The van der Waals surface area contributed by atoms with Crippen molar-refractivity contribution in [1.29, 1.82) is 0 Å². The van der Waals surface area contributed by atoms with Gasteiger partial charge in [-0.15, -0.1) is 11.3 Å². The Morgan fingerprint density at radius 1 is 1.22 bits per heavy atom. The summed E-state index contributed by atoms with van der Waals surface area (Å²) in [5.74, 6) is 0.00999. The van der Waals surface area contributed by atoms with E-state index >= 15 is 0 Å². The highest BCUT2D eigenvalue weighted by Crippen LogP contribution is 2.36. The van der Waals surface area contributed by atoms with Crippen LogP contribution in [0.25, 0.3) is 0 Å². The molecule has 2 heterocycles. The molecule has 0 radical (unpaired) electrons. The summed E-state index contributed by atoms with van der Waals surface area (Å²) in [6.45, 7) is 3.85. The molecule has 164 valence electrons. The summed E-state index contributed by atoms with van der Waals surface area (Å²) >= 11 is 7.70. The van der Waals surface area contributed by atoms with Gasteiger partial charge in [-0.1, -0.05) is 17.7 Å². The number of benzene rings is 2. The monoisotopic (exact) mass is 467 g/mol. The van der Waals surface area contributed by atoms with E-state index in [1.807, 2.05) is 43.5 Å². The highest BCUT2D eigenvalue weighted by molar-refractivity contribution is 7.12. The molecule has 0 bridgehead atoms. The van der Waals surface area contributed by atoms with Crippen LogP contribution in [-0.4, -0.2) is 31.2 Å². The molecule has 0 fully saturated rings. The summed E-state index contributed by atoms with van der Waals surface area (Å²) in [5.41, 5.74) is 4.65. The number of methoxy groups -OCH3 is 1. The molecule has 1 aromatic heterocycles. The van der Waals surface area contributed by atoms with Crippen LogP contribution in [0.5, 0.6) is 5.75 Å². The Bertz CT molecular complexity index is 1220. The van der Waals surface area contributed by atoms with Crippen molar-refractivity contribution in [1.82, 2.24) is 0 Å². The summed E-state index contributed by atoms with van der Waals surface area (Å²) in [7, 11) is 1.53. The Hall–Kier alpha value is -3.16. The van der Waals surface area contributed by atoms with Crippen molar-refractivity contribution in [2.45, 2.75) is 20.3 Å². The Kier molecular flexibility index (Phi) is 6.30. The van der Waals surface area contributed by atoms with Gasteiger partial charge in [0.15, 0.2) is 0 Å². The van der Waals surface area contributed by atoms with Gasteiger partial charge in [0, 0.05) is 10.6 Å². The van der Waals surface area contributed by atoms with Crippen molar-refractivity contribution in [3.05, 3.63) is 68.9 Å². The first-order valence-corrected chi connectivity index (χ1v) is 11.3. The number of rotatable bonds is 5. The predicted octanol–water partition coefficient (Wildman–Crippen LogP) is 5.52. The number of amides is 2. The number of halogens is 1. The molecule has 2 amide bonds. The van der Waals surface area contributed by atoms with Crippen LogP contribution in [-0.2, 0) is 9.59 Å². The van der Waals surface area contributed by atoms with Gasteiger partial charge in [-0.05, 0) is 66.8 Å². The van der Waals surface area contributed by atoms with Crippen LogP contribution in [0.4, 0.5) is 17.1 Å². The Balaban J connectivity index is 1.63. The number of thiophene rings is 1. The molecular formula is C24H22ClN3O3S. The largest absolute Gasteiger partial charge is 0.495 e. The van der Waals surface area contributed by atoms with E-state index in [1.165, 1.54) is 12.0 Å². The van der Waals surface area contributed by atoms with Gasteiger partial charge in [0.05, 0.1) is 35.6 Å². The van der Waals surface area contributed by atoms with E-state index in [-0.39, 0.29) is 24.8 Å². The van der Waals surface area contributed by atoms with Gasteiger partial charge in [-0.25, -0.2) is 4.99 Å². The van der Waals surface area contributed by atoms with E-state index in [9.17, 15) is 9.59 Å². The molecule has 6 nitrogen and oxygen atoms in total. The van der Waals surface area contributed by atoms with Crippen molar-refractivity contribution in [3.8, 4) is 5.75 Å². The van der Waals surface area contributed by atoms with Gasteiger partial charge in [0.2, 0.25) is 11.8 Å². The molecule has 1 aliphatic rings. The van der Waals surface area contributed by atoms with Crippen LogP contribution in [0.2, 0.25) is 5.02 Å². The smallest absolute Gasteiger partial charge is 0.244 e. The quantitative estimate of drug-likeness (QED) is 0.536. The SMILES string of the molecule is COc1ccc(NC(=O)CN2C(=O)CC(c3cccs3)=Nc3cc(C)c(C)cc32)cc1Cl. The fourth-order valence-electron chi connectivity index (χ4n) is 3.50. The number of aliphatic imine (C=N–C) groups is 1. The Morgan fingerprint density at radius 2 is 2.00 bits per heavy atom. The van der Waals surface area contributed by atoms with Gasteiger partial charge in [-0.3, -0.25) is 9.59 Å². The lowest BCUT2D eigenvalue weighted by Crippen LogP contribution is -2.38. The zero-order valence-corrected chi connectivity index (χ0v) is 19.5. The van der Waals surface area contributed by atoms with E-state index in [4.69, 9.17) is 21.3 Å². The predicted molar refractivity (Wildman–Crippen MR) is 130 cm³/mol. The van der Waals surface area contributed by atoms with E-state index in [0.717, 1.165) is 16.0 Å². The molecule has 2 aromatic carbocycles. The molecule has 0 spiro atoms. The molecule has 8 heteroatoms. The first kappa shape index (κ1) is 22.0. The van der Waals surface area contributed by atoms with Crippen LogP contribution < -0.4 is 15.0 Å². The van der Waals surface area contributed by atoms with Gasteiger partial charge < -0.3 is 15.0 Å². The van der Waals surface area contributed by atoms with Crippen molar-refractivity contribution < 1.29 is 14.3 Å². The van der Waals surface area contributed by atoms with Gasteiger partial charge in [-0.2, -0.15) is 0 Å². The first-order chi connectivity index (χ1) is 15.4. The minimum atomic E-state index is -0.330. The molecule has 1 N–H and O–H groups in total. The van der Waals surface area contributed by atoms with Gasteiger partial charge in [0.1, 0.15) is 12.3 Å². The minimum Gasteiger partial charge on any atom is -0.495 e. The third kappa shape index (κ3) is 4.54.